The Balaban J connectivity index is 2.15. The minimum atomic E-state index is -0.252. The Bertz CT molecular complexity index is 496. The first-order valence-electron chi connectivity index (χ1n) is 5.06. The average molecular weight is 273 g/mol. The Labute approximate surface area is 108 Å². The number of likely N-dealkylation sites (N-methyl/N-ethyl adjacent to an activating group) is 1. The largest absolute Gasteiger partial charge is 0.333 e. The van der Waals surface area contributed by atoms with E-state index in [1.165, 1.54) is 11.3 Å². The maximum Gasteiger partial charge on any atom is 0.268 e. The molecule has 0 radical (unpaired) electrons. The molecule has 92 valence electrons. The molecule has 2 aromatic rings. The van der Waals surface area contributed by atoms with Crippen LogP contribution in [0.2, 0.25) is 4.34 Å². The maximum atomic E-state index is 5.94. The molecule has 0 aromatic carbocycles. The minimum absolute atomic E-state index is 0.252. The van der Waals surface area contributed by atoms with Crippen molar-refractivity contribution < 1.29 is 4.52 Å². The quantitative estimate of drug-likeness (QED) is 0.922. The van der Waals surface area contributed by atoms with E-state index in [2.05, 4.69) is 10.1 Å². The molecule has 0 aliphatic carbocycles. The lowest BCUT2D eigenvalue weighted by Crippen LogP contribution is -2.26. The van der Waals surface area contributed by atoms with Gasteiger partial charge in [0.05, 0.1) is 15.3 Å². The molecule has 17 heavy (non-hydrogen) atoms. The van der Waals surface area contributed by atoms with Crippen LogP contribution in [0.4, 0.5) is 0 Å². The number of hydrogen-bond acceptors (Lipinski definition) is 6. The van der Waals surface area contributed by atoms with Crippen molar-refractivity contribution in [1.29, 1.82) is 0 Å². The fourth-order valence-corrected chi connectivity index (χ4v) is 2.35. The van der Waals surface area contributed by atoms with Crippen molar-refractivity contribution in [3.63, 3.8) is 0 Å². The third kappa shape index (κ3) is 3.04. The van der Waals surface area contributed by atoms with Crippen LogP contribution in [0, 0.1) is 0 Å². The zero-order chi connectivity index (χ0) is 12.4. The van der Waals surface area contributed by atoms with Crippen molar-refractivity contribution in [2.45, 2.75) is 6.04 Å². The SMILES string of the molecule is CN(C)CC(N)c1noc(-c2ccc(Cl)s2)n1. The zero-order valence-electron chi connectivity index (χ0n) is 9.55. The van der Waals surface area contributed by atoms with Crippen LogP contribution in [-0.4, -0.2) is 35.7 Å². The highest BCUT2D eigenvalue weighted by Crippen LogP contribution is 2.30. The summed E-state index contributed by atoms with van der Waals surface area (Å²) >= 11 is 7.24. The van der Waals surface area contributed by atoms with Gasteiger partial charge < -0.3 is 15.2 Å². The Kier molecular flexibility index (Phi) is 3.78. The van der Waals surface area contributed by atoms with Gasteiger partial charge in [0.1, 0.15) is 0 Å². The first-order chi connectivity index (χ1) is 8.06. The molecule has 0 aliphatic heterocycles. The molecule has 2 aromatic heterocycles. The smallest absolute Gasteiger partial charge is 0.268 e. The average Bonchev–Trinajstić information content (AvgIpc) is 2.84. The number of rotatable bonds is 4. The fraction of sp³-hybridized carbons (Fsp3) is 0.400. The Morgan fingerprint density at radius 1 is 1.53 bits per heavy atom. The van der Waals surface area contributed by atoms with Crippen LogP contribution in [0.25, 0.3) is 10.8 Å². The molecule has 2 rings (SSSR count). The standard InChI is InChI=1S/C10H13ClN4OS/c1-15(2)5-6(12)9-13-10(16-14-9)7-3-4-8(11)17-7/h3-4,6H,5,12H2,1-2H3. The Morgan fingerprint density at radius 3 is 2.88 bits per heavy atom. The van der Waals surface area contributed by atoms with E-state index in [0.717, 1.165) is 4.88 Å². The molecule has 2 heterocycles. The summed E-state index contributed by atoms with van der Waals surface area (Å²) < 4.78 is 5.85. The number of hydrogen-bond donors (Lipinski definition) is 1. The van der Waals surface area contributed by atoms with Crippen molar-refractivity contribution in [1.82, 2.24) is 15.0 Å². The molecular weight excluding hydrogens is 260 g/mol. The summed E-state index contributed by atoms with van der Waals surface area (Å²) in [4.78, 5) is 7.10. The third-order valence-corrected chi connectivity index (χ3v) is 3.34. The maximum absolute atomic E-state index is 5.94. The Hall–Kier alpha value is -0.950. The van der Waals surface area contributed by atoms with Gasteiger partial charge in [-0.25, -0.2) is 0 Å². The van der Waals surface area contributed by atoms with Gasteiger partial charge in [-0.1, -0.05) is 16.8 Å². The number of nitrogens with two attached hydrogens (primary N) is 1. The Morgan fingerprint density at radius 2 is 2.29 bits per heavy atom. The van der Waals surface area contributed by atoms with E-state index < -0.39 is 0 Å². The molecule has 0 aliphatic rings. The summed E-state index contributed by atoms with van der Waals surface area (Å²) in [5, 5.41) is 3.88. The van der Waals surface area contributed by atoms with E-state index in [1.807, 2.05) is 25.1 Å². The van der Waals surface area contributed by atoms with E-state index in [-0.39, 0.29) is 6.04 Å². The monoisotopic (exact) mass is 272 g/mol. The predicted octanol–water partition coefficient (Wildman–Crippen LogP) is 2.01. The normalized spacial score (nSPS) is 13.2. The van der Waals surface area contributed by atoms with Gasteiger partial charge in [-0.3, -0.25) is 0 Å². The van der Waals surface area contributed by atoms with E-state index in [4.69, 9.17) is 21.9 Å². The zero-order valence-corrected chi connectivity index (χ0v) is 11.1. The summed E-state index contributed by atoms with van der Waals surface area (Å²) in [5.41, 5.74) is 5.94. The van der Waals surface area contributed by atoms with E-state index >= 15 is 0 Å². The second kappa shape index (κ2) is 5.14. The summed E-state index contributed by atoms with van der Waals surface area (Å²) in [7, 11) is 3.89. The highest BCUT2D eigenvalue weighted by molar-refractivity contribution is 7.19. The lowest BCUT2D eigenvalue weighted by molar-refractivity contribution is 0.357. The van der Waals surface area contributed by atoms with Crippen molar-refractivity contribution in [3.8, 4) is 10.8 Å². The highest BCUT2D eigenvalue weighted by atomic mass is 35.5. The summed E-state index contributed by atoms with van der Waals surface area (Å²) in [6.45, 7) is 0.671. The van der Waals surface area contributed by atoms with E-state index in [0.29, 0.717) is 22.6 Å². The molecular formula is C10H13ClN4OS. The molecule has 0 saturated carbocycles. The molecule has 1 unspecified atom stereocenters. The number of aromatic nitrogens is 2. The summed E-state index contributed by atoms with van der Waals surface area (Å²) in [5.74, 6) is 0.976. The van der Waals surface area contributed by atoms with Crippen LogP contribution in [0.5, 0.6) is 0 Å². The molecule has 0 spiro atoms. The van der Waals surface area contributed by atoms with Crippen LogP contribution >= 0.6 is 22.9 Å². The van der Waals surface area contributed by atoms with Gasteiger partial charge in [0.2, 0.25) is 0 Å². The second-order valence-corrected chi connectivity index (χ2v) is 5.65. The number of halogens is 1. The van der Waals surface area contributed by atoms with E-state index in [1.54, 1.807) is 6.07 Å². The van der Waals surface area contributed by atoms with Crippen LogP contribution in [0.1, 0.15) is 11.9 Å². The summed E-state index contributed by atoms with van der Waals surface area (Å²) in [6.07, 6.45) is 0. The molecule has 0 saturated heterocycles. The van der Waals surface area contributed by atoms with Crippen molar-refractivity contribution in [2.75, 3.05) is 20.6 Å². The van der Waals surface area contributed by atoms with Crippen LogP contribution < -0.4 is 5.73 Å². The van der Waals surface area contributed by atoms with Gasteiger partial charge in [-0.15, -0.1) is 11.3 Å². The van der Waals surface area contributed by atoms with Crippen LogP contribution in [0.3, 0.4) is 0 Å². The molecule has 0 bridgehead atoms. The van der Waals surface area contributed by atoms with Gasteiger partial charge in [-0.05, 0) is 26.2 Å². The van der Waals surface area contributed by atoms with Crippen molar-refractivity contribution >= 4 is 22.9 Å². The van der Waals surface area contributed by atoms with Gasteiger partial charge in [0.25, 0.3) is 5.89 Å². The molecule has 5 nitrogen and oxygen atoms in total. The molecule has 1 atom stereocenters. The molecule has 7 heteroatoms. The predicted molar refractivity (Wildman–Crippen MR) is 68.1 cm³/mol. The number of thiophene rings is 1. The fourth-order valence-electron chi connectivity index (χ4n) is 1.39. The van der Waals surface area contributed by atoms with Crippen LogP contribution in [-0.2, 0) is 0 Å². The van der Waals surface area contributed by atoms with E-state index in [9.17, 15) is 0 Å². The van der Waals surface area contributed by atoms with Crippen molar-refractivity contribution in [2.24, 2.45) is 5.73 Å². The van der Waals surface area contributed by atoms with Gasteiger partial charge >= 0.3 is 0 Å². The van der Waals surface area contributed by atoms with Gasteiger partial charge in [0, 0.05) is 6.54 Å². The third-order valence-electron chi connectivity index (χ3n) is 2.12. The van der Waals surface area contributed by atoms with Crippen LogP contribution in [0.15, 0.2) is 16.7 Å². The first kappa shape index (κ1) is 12.5. The van der Waals surface area contributed by atoms with Gasteiger partial charge in [-0.2, -0.15) is 4.98 Å². The lowest BCUT2D eigenvalue weighted by Gasteiger charge is -2.12. The van der Waals surface area contributed by atoms with Gasteiger partial charge in [0.15, 0.2) is 5.82 Å². The highest BCUT2D eigenvalue weighted by Gasteiger charge is 2.16. The first-order valence-corrected chi connectivity index (χ1v) is 6.25. The molecule has 2 N–H and O–H groups in total. The lowest BCUT2D eigenvalue weighted by atomic mass is 10.3. The number of nitrogens with zero attached hydrogens (tertiary/aromatic N) is 3. The minimum Gasteiger partial charge on any atom is -0.333 e. The van der Waals surface area contributed by atoms with Crippen molar-refractivity contribution in [3.05, 3.63) is 22.3 Å². The molecule has 0 fully saturated rings. The topological polar surface area (TPSA) is 68.2 Å². The molecule has 0 amide bonds. The second-order valence-electron chi connectivity index (χ2n) is 3.93. The summed E-state index contributed by atoms with van der Waals surface area (Å²) in [6, 6.07) is 3.39.